The Kier molecular flexibility index (Phi) is 2.67. The maximum atomic E-state index is 11.3. The Morgan fingerprint density at radius 1 is 1.57 bits per heavy atom. The summed E-state index contributed by atoms with van der Waals surface area (Å²) in [5.41, 5.74) is -2.58. The minimum Gasteiger partial charge on any atom is -0.222 e. The summed E-state index contributed by atoms with van der Waals surface area (Å²) in [7, 11) is 0. The molecule has 0 nitrogen and oxygen atoms in total. The summed E-state index contributed by atoms with van der Waals surface area (Å²) < 4.78 is 30.4. The monoisotopic (exact) mass is 244 g/mol. The fourth-order valence-corrected chi connectivity index (χ4v) is 0. The maximum absolute atomic E-state index is 11.3. The fraction of sp³-hybridized carbons (Fsp3) is 1.00. The summed E-state index contributed by atoms with van der Waals surface area (Å²) in [6, 6.07) is 0. The minimum atomic E-state index is -3.43. The first kappa shape index (κ1) is 7.81. The van der Waals surface area contributed by atoms with E-state index in [1.165, 1.54) is 0 Å². The molecule has 0 bridgehead atoms. The molecule has 0 spiro atoms. The van der Waals surface area contributed by atoms with E-state index in [4.69, 9.17) is 0 Å². The fourth-order valence-electron chi connectivity index (χ4n) is 0. The van der Waals surface area contributed by atoms with Crippen LogP contribution in [-0.2, 0) is 0 Å². The van der Waals surface area contributed by atoms with Crippen molar-refractivity contribution < 1.29 is 13.2 Å². The predicted octanol–water partition coefficient (Wildman–Crippen LogP) is 2.55. The van der Waals surface area contributed by atoms with Crippen LogP contribution in [0.15, 0.2) is 0 Å². The molecule has 0 amide bonds. The van der Waals surface area contributed by atoms with E-state index in [1.54, 1.807) is 0 Å². The van der Waals surface area contributed by atoms with Crippen molar-refractivity contribution in [3.63, 3.8) is 0 Å². The lowest BCUT2D eigenvalue weighted by atomic mass is 10.8. The summed E-state index contributed by atoms with van der Waals surface area (Å²) in [6.07, 6.45) is 0. The summed E-state index contributed by atoms with van der Waals surface area (Å²) >= 11 is 4.96. The molecule has 0 saturated heterocycles. The van der Waals surface area contributed by atoms with Crippen LogP contribution in [0.5, 0.6) is 0 Å². The highest BCUT2D eigenvalue weighted by Gasteiger charge is 2.34. The van der Waals surface area contributed by atoms with Crippen LogP contribution in [0.1, 0.15) is 0 Å². The second kappa shape index (κ2) is 2.39. The first-order valence-electron chi connectivity index (χ1n) is 1.29. The summed E-state index contributed by atoms with van der Waals surface area (Å²) in [4.78, 5) is 0. The Labute approximate surface area is 57.2 Å². The van der Waals surface area contributed by atoms with Crippen LogP contribution in [0.2, 0.25) is 0 Å². The molecule has 0 heterocycles. The van der Waals surface area contributed by atoms with Crippen LogP contribution in [0.25, 0.3) is 0 Å². The summed E-state index contributed by atoms with van der Waals surface area (Å²) in [6.45, 7) is 0. The smallest absolute Gasteiger partial charge is 0.222 e. The van der Waals surface area contributed by atoms with E-state index in [0.29, 0.717) is 22.6 Å². The molecule has 0 aromatic heterocycles. The van der Waals surface area contributed by atoms with Gasteiger partial charge in [-0.25, -0.2) is 4.39 Å². The van der Waals surface area contributed by atoms with Gasteiger partial charge in [0.05, 0.1) is 0 Å². The second-order valence-corrected chi connectivity index (χ2v) is 2.66. The zero-order chi connectivity index (χ0) is 6.08. The molecule has 5 heteroatoms. The molecule has 0 aliphatic heterocycles. The van der Waals surface area contributed by atoms with Crippen molar-refractivity contribution in [2.75, 3.05) is 0 Å². The van der Waals surface area contributed by atoms with Crippen molar-refractivity contribution in [3.05, 3.63) is 0 Å². The number of hydrogen-bond acceptors (Lipinski definition) is 0. The zero-order valence-corrected chi connectivity index (χ0v) is 5.88. The summed E-state index contributed by atoms with van der Waals surface area (Å²) in [5, 5.41) is 0. The lowest BCUT2D eigenvalue weighted by Gasteiger charge is -2.04. The van der Waals surface area contributed by atoms with Crippen LogP contribution in [0, 0.1) is 0 Å². The van der Waals surface area contributed by atoms with E-state index >= 15 is 0 Å². The van der Waals surface area contributed by atoms with Gasteiger partial charge < -0.3 is 0 Å². The molecule has 0 rings (SSSR count). The van der Waals surface area contributed by atoms with Crippen molar-refractivity contribution in [2.45, 2.75) is 9.56 Å². The van der Waals surface area contributed by atoms with Crippen molar-refractivity contribution in [1.29, 1.82) is 0 Å². The number of rotatable bonds is 1. The first-order chi connectivity index (χ1) is 2.94. The molecule has 0 fully saturated rings. The maximum Gasteiger partial charge on any atom is 0.340 e. The van der Waals surface area contributed by atoms with Crippen molar-refractivity contribution >= 4 is 34.2 Å². The van der Waals surface area contributed by atoms with E-state index in [9.17, 15) is 13.2 Å². The van der Waals surface area contributed by atoms with E-state index < -0.39 is 9.56 Å². The standard InChI is InChI=1S/C2HClF3I/c3-1(4)2(5,6)7/h1H. The van der Waals surface area contributed by atoms with Crippen molar-refractivity contribution in [1.82, 2.24) is 0 Å². The van der Waals surface area contributed by atoms with Gasteiger partial charge in [0.1, 0.15) is 0 Å². The van der Waals surface area contributed by atoms with Gasteiger partial charge in [0.2, 0.25) is 5.63 Å². The van der Waals surface area contributed by atoms with Crippen LogP contribution in [0.3, 0.4) is 0 Å². The third-order valence-corrected chi connectivity index (χ3v) is 1.44. The average Bonchev–Trinajstić information content (AvgIpc) is 1.31. The lowest BCUT2D eigenvalue weighted by molar-refractivity contribution is 0.0727. The number of halogens is 5. The van der Waals surface area contributed by atoms with E-state index in [-0.39, 0.29) is 0 Å². The normalized spacial score (nSPS) is 16.7. The molecule has 0 aromatic carbocycles. The van der Waals surface area contributed by atoms with Crippen molar-refractivity contribution in [3.8, 4) is 0 Å². The lowest BCUT2D eigenvalue weighted by Crippen LogP contribution is -2.15. The highest BCUT2D eigenvalue weighted by atomic mass is 127. The summed E-state index contributed by atoms with van der Waals surface area (Å²) in [5.74, 6) is 0. The molecule has 0 saturated carbocycles. The Morgan fingerprint density at radius 2 is 1.71 bits per heavy atom. The van der Waals surface area contributed by atoms with E-state index in [1.807, 2.05) is 0 Å². The molecule has 0 aromatic rings. The number of alkyl halides is 5. The van der Waals surface area contributed by atoms with Gasteiger partial charge in [-0.1, -0.05) is 11.6 Å². The van der Waals surface area contributed by atoms with Gasteiger partial charge in [-0.2, -0.15) is 8.78 Å². The van der Waals surface area contributed by atoms with Crippen LogP contribution < -0.4 is 0 Å². The Morgan fingerprint density at radius 3 is 1.71 bits per heavy atom. The molecular formula is C2HClF3I. The first-order valence-corrected chi connectivity index (χ1v) is 2.81. The molecule has 1 unspecified atom stereocenters. The van der Waals surface area contributed by atoms with Crippen LogP contribution in [0.4, 0.5) is 13.2 Å². The highest BCUT2D eigenvalue weighted by molar-refractivity contribution is 14.1. The van der Waals surface area contributed by atoms with Gasteiger partial charge in [0.15, 0.2) is 0 Å². The highest BCUT2D eigenvalue weighted by Crippen LogP contribution is 2.31. The third-order valence-electron chi connectivity index (χ3n) is 0.247. The predicted molar refractivity (Wildman–Crippen MR) is 29.7 cm³/mol. The largest absolute Gasteiger partial charge is 0.340 e. The second-order valence-electron chi connectivity index (χ2n) is 0.842. The van der Waals surface area contributed by atoms with E-state index in [0.717, 1.165) is 0 Å². The van der Waals surface area contributed by atoms with Gasteiger partial charge in [0, 0.05) is 22.6 Å². The topological polar surface area (TPSA) is 0 Å². The van der Waals surface area contributed by atoms with Crippen LogP contribution in [-0.4, -0.2) is 9.56 Å². The van der Waals surface area contributed by atoms with Crippen LogP contribution >= 0.6 is 34.2 Å². The minimum absolute atomic E-state index is 0.626. The van der Waals surface area contributed by atoms with Gasteiger partial charge in [-0.15, -0.1) is 0 Å². The molecular weight excluding hydrogens is 243 g/mol. The average molecular weight is 244 g/mol. The van der Waals surface area contributed by atoms with Gasteiger partial charge in [-0.3, -0.25) is 0 Å². The molecule has 0 aliphatic rings. The molecule has 1 atom stereocenters. The Bertz CT molecular complexity index is 58.4. The zero-order valence-electron chi connectivity index (χ0n) is 2.97. The molecule has 0 aliphatic carbocycles. The van der Waals surface area contributed by atoms with Crippen molar-refractivity contribution in [2.24, 2.45) is 0 Å². The van der Waals surface area contributed by atoms with Gasteiger partial charge in [-0.05, 0) is 0 Å². The van der Waals surface area contributed by atoms with Gasteiger partial charge in [0.25, 0.3) is 0 Å². The molecule has 44 valence electrons. The molecule has 7 heavy (non-hydrogen) atoms. The quantitative estimate of drug-likeness (QED) is 0.491. The van der Waals surface area contributed by atoms with Gasteiger partial charge >= 0.3 is 3.93 Å². The Balaban J connectivity index is 3.54. The molecule has 0 N–H and O–H groups in total. The SMILES string of the molecule is FC(Cl)C(F)(F)I. The number of hydrogen-bond donors (Lipinski definition) is 0. The Hall–Kier alpha value is 0.810. The third kappa shape index (κ3) is 3.40. The van der Waals surface area contributed by atoms with E-state index in [2.05, 4.69) is 11.6 Å². The molecule has 0 radical (unpaired) electrons.